The Labute approximate surface area is 121 Å². The highest BCUT2D eigenvalue weighted by Gasteiger charge is 2.04. The van der Waals surface area contributed by atoms with Gasteiger partial charge in [0.25, 0.3) is 5.56 Å². The van der Waals surface area contributed by atoms with E-state index in [4.69, 9.17) is 5.73 Å². The van der Waals surface area contributed by atoms with E-state index in [0.29, 0.717) is 29.1 Å². The molecule has 1 heterocycles. The number of nitrogens with two attached hydrogens (primary N) is 1. The molecule has 4 N–H and O–H groups in total. The topological polar surface area (TPSA) is 83.8 Å². The molecule has 0 radical (unpaired) electrons. The highest BCUT2D eigenvalue weighted by atomic mass is 16.1. The highest BCUT2D eigenvalue weighted by Crippen LogP contribution is 2.14. The monoisotopic (exact) mass is 280 g/mol. The molecule has 5 heteroatoms. The number of H-pyrrole nitrogens is 1. The van der Waals surface area contributed by atoms with Crippen LogP contribution in [0.4, 0.5) is 11.6 Å². The third kappa shape index (κ3) is 2.72. The van der Waals surface area contributed by atoms with Gasteiger partial charge in [-0.25, -0.2) is 4.98 Å². The van der Waals surface area contributed by atoms with Gasteiger partial charge in [-0.2, -0.15) is 0 Å². The molecule has 0 aliphatic heterocycles. The van der Waals surface area contributed by atoms with Crippen molar-refractivity contribution < 1.29 is 0 Å². The van der Waals surface area contributed by atoms with E-state index in [0.717, 1.165) is 5.56 Å². The van der Waals surface area contributed by atoms with Crippen LogP contribution >= 0.6 is 0 Å². The van der Waals surface area contributed by atoms with Crippen molar-refractivity contribution in [2.75, 3.05) is 11.1 Å². The minimum absolute atomic E-state index is 0.195. The molecular weight excluding hydrogens is 264 g/mol. The fourth-order valence-corrected chi connectivity index (χ4v) is 2.23. The zero-order valence-corrected chi connectivity index (χ0v) is 11.7. The molecule has 21 heavy (non-hydrogen) atoms. The number of nitrogen functional groups attached to an aromatic ring is 1. The number of hydrogen-bond acceptors (Lipinski definition) is 4. The first-order valence-corrected chi connectivity index (χ1v) is 6.71. The molecule has 0 amide bonds. The van der Waals surface area contributed by atoms with Crippen molar-refractivity contribution in [1.82, 2.24) is 9.97 Å². The first-order valence-electron chi connectivity index (χ1n) is 6.71. The van der Waals surface area contributed by atoms with Gasteiger partial charge in [0.05, 0.1) is 10.9 Å². The zero-order valence-electron chi connectivity index (χ0n) is 11.7. The number of aromatic amines is 1. The predicted octanol–water partition coefficient (Wildman–Crippen LogP) is 2.43. The summed E-state index contributed by atoms with van der Waals surface area (Å²) >= 11 is 0. The standard InChI is InChI=1S/C16H16N4O/c1-10-4-2-3-5-11(10)9-18-16-19-14-7-6-12(17)8-13(14)15(21)20-16/h2-8H,9,17H2,1H3,(H2,18,19,20,21). The van der Waals surface area contributed by atoms with Crippen LogP contribution in [0.3, 0.4) is 0 Å². The van der Waals surface area contributed by atoms with Crippen molar-refractivity contribution in [2.24, 2.45) is 0 Å². The Bertz CT molecular complexity index is 854. The predicted molar refractivity (Wildman–Crippen MR) is 85.3 cm³/mol. The van der Waals surface area contributed by atoms with Gasteiger partial charge in [-0.05, 0) is 36.2 Å². The third-order valence-electron chi connectivity index (χ3n) is 3.44. The van der Waals surface area contributed by atoms with E-state index in [9.17, 15) is 4.79 Å². The molecular formula is C16H16N4O. The number of benzene rings is 2. The lowest BCUT2D eigenvalue weighted by Gasteiger charge is -2.08. The molecule has 5 nitrogen and oxygen atoms in total. The number of hydrogen-bond donors (Lipinski definition) is 3. The zero-order chi connectivity index (χ0) is 14.8. The lowest BCUT2D eigenvalue weighted by Crippen LogP contribution is -2.13. The molecule has 3 aromatic rings. The van der Waals surface area contributed by atoms with Crippen molar-refractivity contribution in [1.29, 1.82) is 0 Å². The average molecular weight is 280 g/mol. The quantitative estimate of drug-likeness (QED) is 0.643. The maximum absolute atomic E-state index is 12.0. The number of aromatic nitrogens is 2. The van der Waals surface area contributed by atoms with Crippen LogP contribution in [0, 0.1) is 6.92 Å². The molecule has 0 aliphatic rings. The highest BCUT2D eigenvalue weighted by molar-refractivity contribution is 5.81. The lowest BCUT2D eigenvalue weighted by atomic mass is 10.1. The first kappa shape index (κ1) is 13.2. The Balaban J connectivity index is 1.90. The molecule has 0 saturated heterocycles. The van der Waals surface area contributed by atoms with Gasteiger partial charge in [-0.1, -0.05) is 24.3 Å². The van der Waals surface area contributed by atoms with Gasteiger partial charge in [-0.15, -0.1) is 0 Å². The van der Waals surface area contributed by atoms with Crippen molar-refractivity contribution >= 4 is 22.5 Å². The fourth-order valence-electron chi connectivity index (χ4n) is 2.23. The van der Waals surface area contributed by atoms with Crippen LogP contribution in [0.25, 0.3) is 10.9 Å². The Morgan fingerprint density at radius 1 is 1.24 bits per heavy atom. The summed E-state index contributed by atoms with van der Waals surface area (Å²) in [5.74, 6) is 0.459. The third-order valence-corrected chi connectivity index (χ3v) is 3.44. The van der Waals surface area contributed by atoms with E-state index in [1.165, 1.54) is 5.56 Å². The van der Waals surface area contributed by atoms with Crippen LogP contribution in [-0.4, -0.2) is 9.97 Å². The molecule has 0 spiro atoms. The van der Waals surface area contributed by atoms with E-state index in [2.05, 4.69) is 28.3 Å². The SMILES string of the molecule is Cc1ccccc1CNc1nc2ccc(N)cc2c(=O)[nH]1. The molecule has 0 atom stereocenters. The average Bonchev–Trinajstić information content (AvgIpc) is 2.47. The molecule has 2 aromatic carbocycles. The number of anilines is 2. The Kier molecular flexibility index (Phi) is 3.31. The van der Waals surface area contributed by atoms with Gasteiger partial charge < -0.3 is 11.1 Å². The second kappa shape index (κ2) is 5.28. The van der Waals surface area contributed by atoms with Crippen LogP contribution in [-0.2, 0) is 6.54 Å². The molecule has 0 fully saturated rings. The number of aryl methyl sites for hydroxylation is 1. The molecule has 1 aromatic heterocycles. The van der Waals surface area contributed by atoms with E-state index in [-0.39, 0.29) is 5.56 Å². The maximum Gasteiger partial charge on any atom is 0.260 e. The smallest absolute Gasteiger partial charge is 0.260 e. The summed E-state index contributed by atoms with van der Waals surface area (Å²) in [6.45, 7) is 2.66. The van der Waals surface area contributed by atoms with Crippen molar-refractivity contribution in [3.63, 3.8) is 0 Å². The molecule has 0 bridgehead atoms. The van der Waals surface area contributed by atoms with E-state index in [1.807, 2.05) is 18.2 Å². The first-order chi connectivity index (χ1) is 10.1. The van der Waals surface area contributed by atoms with E-state index < -0.39 is 0 Å². The van der Waals surface area contributed by atoms with Gasteiger partial charge in [0.15, 0.2) is 0 Å². The van der Waals surface area contributed by atoms with Crippen molar-refractivity contribution in [2.45, 2.75) is 13.5 Å². The summed E-state index contributed by atoms with van der Waals surface area (Å²) in [5.41, 5.74) is 9.03. The largest absolute Gasteiger partial charge is 0.399 e. The van der Waals surface area contributed by atoms with Gasteiger partial charge in [0, 0.05) is 12.2 Å². The van der Waals surface area contributed by atoms with E-state index in [1.54, 1.807) is 18.2 Å². The van der Waals surface area contributed by atoms with Crippen LogP contribution in [0.5, 0.6) is 0 Å². The summed E-state index contributed by atoms with van der Waals surface area (Å²) in [6, 6.07) is 13.2. The van der Waals surface area contributed by atoms with Crippen LogP contribution in [0.15, 0.2) is 47.3 Å². The van der Waals surface area contributed by atoms with Crippen LogP contribution < -0.4 is 16.6 Å². The van der Waals surface area contributed by atoms with Gasteiger partial charge in [0.1, 0.15) is 0 Å². The molecule has 106 valence electrons. The normalized spacial score (nSPS) is 10.7. The number of fused-ring (bicyclic) bond motifs is 1. The second-order valence-corrected chi connectivity index (χ2v) is 4.97. The van der Waals surface area contributed by atoms with Gasteiger partial charge >= 0.3 is 0 Å². The fraction of sp³-hybridized carbons (Fsp3) is 0.125. The van der Waals surface area contributed by atoms with E-state index >= 15 is 0 Å². The van der Waals surface area contributed by atoms with Crippen LogP contribution in [0.1, 0.15) is 11.1 Å². The van der Waals surface area contributed by atoms with Crippen molar-refractivity contribution in [3.8, 4) is 0 Å². The second-order valence-electron chi connectivity index (χ2n) is 4.97. The number of nitrogens with zero attached hydrogens (tertiary/aromatic N) is 1. The summed E-state index contributed by atoms with van der Waals surface area (Å²) in [5, 5.41) is 3.65. The molecule has 0 saturated carbocycles. The Morgan fingerprint density at radius 3 is 2.86 bits per heavy atom. The molecule has 3 rings (SSSR count). The molecule has 0 unspecified atom stereocenters. The summed E-state index contributed by atoms with van der Waals surface area (Å²) < 4.78 is 0. The van der Waals surface area contributed by atoms with Crippen LogP contribution in [0.2, 0.25) is 0 Å². The summed E-state index contributed by atoms with van der Waals surface area (Å²) in [4.78, 5) is 19.2. The lowest BCUT2D eigenvalue weighted by molar-refractivity contribution is 1.04. The minimum atomic E-state index is -0.195. The van der Waals surface area contributed by atoms with Gasteiger partial charge in [0.2, 0.25) is 5.95 Å². The Morgan fingerprint density at radius 2 is 2.05 bits per heavy atom. The maximum atomic E-state index is 12.0. The number of rotatable bonds is 3. The van der Waals surface area contributed by atoms with Gasteiger partial charge in [-0.3, -0.25) is 9.78 Å². The minimum Gasteiger partial charge on any atom is -0.399 e. The summed E-state index contributed by atoms with van der Waals surface area (Å²) in [6.07, 6.45) is 0. The summed E-state index contributed by atoms with van der Waals surface area (Å²) in [7, 11) is 0. The van der Waals surface area contributed by atoms with Crippen molar-refractivity contribution in [3.05, 3.63) is 63.9 Å². The molecule has 0 aliphatic carbocycles. The number of nitrogens with one attached hydrogen (secondary N) is 2. The Hall–Kier alpha value is -2.82.